The highest BCUT2D eigenvalue weighted by molar-refractivity contribution is 7.13. The van der Waals surface area contributed by atoms with Gasteiger partial charge in [0, 0.05) is 41.9 Å². The number of carbonyl (C=O) groups is 1. The minimum absolute atomic E-state index is 0.0640. The maximum absolute atomic E-state index is 13.1. The van der Waals surface area contributed by atoms with Crippen LogP contribution in [0, 0.1) is 0 Å². The van der Waals surface area contributed by atoms with E-state index in [0.717, 1.165) is 40.1 Å². The fourth-order valence-electron chi connectivity index (χ4n) is 6.48. The summed E-state index contributed by atoms with van der Waals surface area (Å²) in [6, 6.07) is 22.8. The summed E-state index contributed by atoms with van der Waals surface area (Å²) < 4.78 is 7.68. The molecule has 0 saturated carbocycles. The van der Waals surface area contributed by atoms with Crippen LogP contribution in [-0.4, -0.2) is 45.2 Å². The molecular formula is C33H32N4O3S. The first-order chi connectivity index (χ1) is 20.0. The van der Waals surface area contributed by atoms with Crippen LogP contribution in [-0.2, 0) is 4.74 Å². The Morgan fingerprint density at radius 1 is 0.976 bits per heavy atom. The maximum atomic E-state index is 13.1. The Bertz CT molecular complexity index is 1760. The number of imidazole rings is 1. The average Bonchev–Trinajstić information content (AvgIpc) is 3.70. The molecule has 0 spiro atoms. The van der Waals surface area contributed by atoms with E-state index in [-0.39, 0.29) is 29.7 Å². The van der Waals surface area contributed by atoms with Crippen molar-refractivity contribution in [3.8, 4) is 21.7 Å². The van der Waals surface area contributed by atoms with Gasteiger partial charge < -0.3 is 14.6 Å². The molecule has 3 aromatic carbocycles. The van der Waals surface area contributed by atoms with E-state index in [9.17, 15) is 9.59 Å². The molecule has 0 bridgehead atoms. The second kappa shape index (κ2) is 10.3. The Morgan fingerprint density at radius 3 is 2.32 bits per heavy atom. The van der Waals surface area contributed by atoms with Gasteiger partial charge >= 0.3 is 11.8 Å². The van der Waals surface area contributed by atoms with Gasteiger partial charge in [0.05, 0.1) is 16.7 Å². The summed E-state index contributed by atoms with van der Waals surface area (Å²) in [4.78, 5) is 35.5. The average molecular weight is 565 g/mol. The molecule has 1 N–H and O–H groups in total. The number of aromatic nitrogens is 3. The number of amides is 1. The SMILES string of the molecule is CC(C)n1c(=O)[nH]c2c(-c3nc(C4CCN(C(=O)OCC5c6ccccc6-c6ccccc65)CC4)cs3)cccc21. The highest BCUT2D eigenvalue weighted by Crippen LogP contribution is 2.44. The van der Waals surface area contributed by atoms with Crippen LogP contribution < -0.4 is 5.69 Å². The monoisotopic (exact) mass is 564 g/mol. The minimum Gasteiger partial charge on any atom is -0.448 e. The van der Waals surface area contributed by atoms with E-state index in [1.807, 2.05) is 36.9 Å². The van der Waals surface area contributed by atoms with Gasteiger partial charge in [-0.05, 0) is 61.1 Å². The Balaban J connectivity index is 1.01. The number of likely N-dealkylation sites (tertiary alicyclic amines) is 1. The molecule has 1 amide bonds. The van der Waals surface area contributed by atoms with Crippen molar-refractivity contribution in [1.82, 2.24) is 19.4 Å². The van der Waals surface area contributed by atoms with Crippen LogP contribution in [0.3, 0.4) is 0 Å². The van der Waals surface area contributed by atoms with Crippen LogP contribution in [0.5, 0.6) is 0 Å². The number of thiazole rings is 1. The third-order valence-corrected chi connectivity index (χ3v) is 9.42. The first kappa shape index (κ1) is 25.8. The largest absolute Gasteiger partial charge is 0.448 e. The molecule has 1 saturated heterocycles. The fourth-order valence-corrected chi connectivity index (χ4v) is 7.41. The normalized spacial score (nSPS) is 15.4. The lowest BCUT2D eigenvalue weighted by Gasteiger charge is -2.31. The Morgan fingerprint density at radius 2 is 1.63 bits per heavy atom. The highest BCUT2D eigenvalue weighted by Gasteiger charge is 2.31. The van der Waals surface area contributed by atoms with Gasteiger partial charge in [0.1, 0.15) is 11.6 Å². The van der Waals surface area contributed by atoms with Gasteiger partial charge in [-0.15, -0.1) is 11.3 Å². The number of carbonyl (C=O) groups excluding carboxylic acids is 1. The van der Waals surface area contributed by atoms with E-state index in [4.69, 9.17) is 9.72 Å². The molecule has 0 atom stereocenters. The minimum atomic E-state index is -0.241. The van der Waals surface area contributed by atoms with Gasteiger partial charge in [-0.25, -0.2) is 14.6 Å². The lowest BCUT2D eigenvalue weighted by molar-refractivity contribution is 0.0902. The van der Waals surface area contributed by atoms with Crippen LogP contribution in [0.25, 0.3) is 32.7 Å². The summed E-state index contributed by atoms with van der Waals surface area (Å²) >= 11 is 1.61. The Labute approximate surface area is 242 Å². The molecule has 7 rings (SSSR count). The van der Waals surface area contributed by atoms with Crippen LogP contribution in [0.4, 0.5) is 4.79 Å². The van der Waals surface area contributed by atoms with Crippen LogP contribution in [0.15, 0.2) is 76.9 Å². The molecule has 8 heteroatoms. The molecule has 2 aromatic heterocycles. The highest BCUT2D eigenvalue weighted by atomic mass is 32.1. The van der Waals surface area contributed by atoms with Gasteiger partial charge in [0.25, 0.3) is 0 Å². The summed E-state index contributed by atoms with van der Waals surface area (Å²) in [6.07, 6.45) is 1.45. The summed E-state index contributed by atoms with van der Waals surface area (Å²) in [6.45, 7) is 5.66. The Hall–Kier alpha value is -4.17. The van der Waals surface area contributed by atoms with Crippen molar-refractivity contribution < 1.29 is 9.53 Å². The zero-order valence-corrected chi connectivity index (χ0v) is 24.0. The molecule has 41 heavy (non-hydrogen) atoms. The molecule has 1 aliphatic carbocycles. The fraction of sp³-hybridized carbons (Fsp3) is 0.303. The maximum Gasteiger partial charge on any atom is 0.409 e. The number of hydrogen-bond acceptors (Lipinski definition) is 5. The number of nitrogens with one attached hydrogen (secondary N) is 1. The number of fused-ring (bicyclic) bond motifs is 4. The number of aromatic amines is 1. The van der Waals surface area contributed by atoms with Gasteiger partial charge in [0.15, 0.2) is 0 Å². The first-order valence-corrected chi connectivity index (χ1v) is 15.2. The number of benzene rings is 3. The van der Waals surface area contributed by atoms with E-state index >= 15 is 0 Å². The molecule has 7 nitrogen and oxygen atoms in total. The summed E-state index contributed by atoms with van der Waals surface area (Å²) in [5, 5.41) is 3.03. The summed E-state index contributed by atoms with van der Waals surface area (Å²) in [5.41, 5.74) is 8.54. The molecule has 3 heterocycles. The zero-order valence-electron chi connectivity index (χ0n) is 23.2. The van der Waals surface area contributed by atoms with E-state index in [2.05, 4.69) is 58.9 Å². The lowest BCUT2D eigenvalue weighted by atomic mass is 9.94. The van der Waals surface area contributed by atoms with Crippen molar-refractivity contribution in [1.29, 1.82) is 0 Å². The van der Waals surface area contributed by atoms with E-state index in [0.29, 0.717) is 19.7 Å². The summed E-state index contributed by atoms with van der Waals surface area (Å²) in [5.74, 6) is 0.352. The van der Waals surface area contributed by atoms with Crippen molar-refractivity contribution in [2.45, 2.75) is 44.6 Å². The standard InChI is InChI=1S/C33H32N4O3S/c1-20(2)37-29-13-7-12-26(30(29)35-32(37)38)31-34-28(19-41-31)21-14-16-36(17-15-21)33(39)40-18-27-24-10-5-3-8-22(24)23-9-4-6-11-25(23)27/h3-13,19-21,27H,14-18H2,1-2H3,(H,35,38). The van der Waals surface area contributed by atoms with Gasteiger partial charge in [0.2, 0.25) is 0 Å². The molecule has 0 unspecified atom stereocenters. The van der Waals surface area contributed by atoms with Crippen molar-refractivity contribution in [3.05, 3.63) is 99.4 Å². The third kappa shape index (κ3) is 4.47. The topological polar surface area (TPSA) is 80.2 Å². The molecule has 5 aromatic rings. The first-order valence-electron chi connectivity index (χ1n) is 14.3. The molecular weight excluding hydrogens is 532 g/mol. The van der Waals surface area contributed by atoms with Gasteiger partial charge in [-0.3, -0.25) is 4.57 Å². The third-order valence-electron chi connectivity index (χ3n) is 8.53. The second-order valence-corrected chi connectivity index (χ2v) is 12.1. The number of piperidine rings is 1. The van der Waals surface area contributed by atoms with E-state index in [1.165, 1.54) is 22.3 Å². The van der Waals surface area contributed by atoms with Crippen molar-refractivity contribution in [2.24, 2.45) is 0 Å². The van der Waals surface area contributed by atoms with Gasteiger partial charge in [-0.2, -0.15) is 0 Å². The smallest absolute Gasteiger partial charge is 0.409 e. The molecule has 1 fully saturated rings. The quantitative estimate of drug-likeness (QED) is 0.246. The van der Waals surface area contributed by atoms with Crippen LogP contribution in [0.1, 0.15) is 61.4 Å². The second-order valence-electron chi connectivity index (χ2n) is 11.2. The number of hydrogen-bond donors (Lipinski definition) is 1. The number of H-pyrrole nitrogens is 1. The number of rotatable bonds is 5. The molecule has 208 valence electrons. The van der Waals surface area contributed by atoms with E-state index in [1.54, 1.807) is 15.9 Å². The molecule has 2 aliphatic rings. The zero-order chi connectivity index (χ0) is 28.1. The van der Waals surface area contributed by atoms with Crippen LogP contribution in [0.2, 0.25) is 0 Å². The number of ether oxygens (including phenoxy) is 1. The number of nitrogens with zero attached hydrogens (tertiary/aromatic N) is 3. The molecule has 1 aliphatic heterocycles. The van der Waals surface area contributed by atoms with Crippen LogP contribution >= 0.6 is 11.3 Å². The predicted octanol–water partition coefficient (Wildman–Crippen LogP) is 7.16. The van der Waals surface area contributed by atoms with E-state index < -0.39 is 0 Å². The summed E-state index contributed by atoms with van der Waals surface area (Å²) in [7, 11) is 0. The molecule has 0 radical (unpaired) electrons. The predicted molar refractivity (Wildman–Crippen MR) is 163 cm³/mol. The number of para-hydroxylation sites is 1. The van der Waals surface area contributed by atoms with Gasteiger partial charge in [-0.1, -0.05) is 54.6 Å². The van der Waals surface area contributed by atoms with Crippen molar-refractivity contribution in [3.63, 3.8) is 0 Å². The van der Waals surface area contributed by atoms with Crippen molar-refractivity contribution >= 4 is 28.5 Å². The Kier molecular flexibility index (Phi) is 6.50. The lowest BCUT2D eigenvalue weighted by Crippen LogP contribution is -2.38. The van der Waals surface area contributed by atoms with Crippen molar-refractivity contribution in [2.75, 3.05) is 19.7 Å².